The van der Waals surface area contributed by atoms with E-state index in [4.69, 9.17) is 19.6 Å². The lowest BCUT2D eigenvalue weighted by Crippen LogP contribution is -2.33. The van der Waals surface area contributed by atoms with Crippen LogP contribution >= 0.6 is 46.9 Å². The van der Waals surface area contributed by atoms with Gasteiger partial charge >= 0.3 is 52.6 Å². The highest BCUT2D eigenvalue weighted by Crippen LogP contribution is 2.74. The molecule has 0 radical (unpaired) electrons. The van der Waals surface area contributed by atoms with E-state index in [1.165, 1.54) is 0 Å². The number of hydrogen-bond acceptors (Lipinski definition) is 14. The first-order valence-corrected chi connectivity index (χ1v) is 16.1. The molecule has 0 bridgehead atoms. The number of nitrogens with one attached hydrogen (secondary N) is 1. The number of aryl methyl sites for hydroxylation is 1. The van der Waals surface area contributed by atoms with Crippen molar-refractivity contribution in [3.8, 4) is 0 Å². The fraction of sp³-hybridized carbons (Fsp3) is 0.200. The van der Waals surface area contributed by atoms with Crippen LogP contribution in [-0.2, 0) is 48.9 Å². The van der Waals surface area contributed by atoms with Crippen LogP contribution in [0.5, 0.6) is 0 Å². The van der Waals surface area contributed by atoms with E-state index in [2.05, 4.69) is 26.2 Å². The van der Waals surface area contributed by atoms with Gasteiger partial charge in [0.05, 0.1) is 6.20 Å². The van der Waals surface area contributed by atoms with Gasteiger partial charge in [-0.15, -0.1) is 4.73 Å². The molecule has 5 unspecified atom stereocenters. The molecule has 5 atom stereocenters. The van der Waals surface area contributed by atoms with Gasteiger partial charge in [-0.1, -0.05) is 0 Å². The molecule has 0 fully saturated rings. The maximum Gasteiger partial charge on any atom is 0.555 e. The van der Waals surface area contributed by atoms with E-state index in [-0.39, 0.29) is 10.3 Å². The lowest BCUT2D eigenvalue weighted by atomic mass is 10.4. The van der Waals surface area contributed by atoms with Gasteiger partial charge in [0, 0.05) is 5.56 Å². The molecule has 23 nitrogen and oxygen atoms in total. The predicted octanol–water partition coefficient (Wildman–Crippen LogP) is -1.05. The van der Waals surface area contributed by atoms with Crippen molar-refractivity contribution in [3.05, 3.63) is 32.6 Å². The lowest BCUT2D eigenvalue weighted by molar-refractivity contribution is 0.151. The van der Waals surface area contributed by atoms with Crippen LogP contribution in [0.1, 0.15) is 5.56 Å². The van der Waals surface area contributed by atoms with Crippen molar-refractivity contribution >= 4 is 46.9 Å². The SMILES string of the molecule is Cc1cn(OP(=O)(O)OP(=O)(O)OP(=O)(O)OP(=O)(O)OP(=O)(O)OP(=O)(O)O)c(=O)[nH]c1=O. The summed E-state index contributed by atoms with van der Waals surface area (Å²) in [6.07, 6.45) is 0.517. The van der Waals surface area contributed by atoms with Crippen molar-refractivity contribution in [2.75, 3.05) is 0 Å². The predicted molar refractivity (Wildman–Crippen MR) is 99.2 cm³/mol. The van der Waals surface area contributed by atoms with Crippen LogP contribution in [0.2, 0.25) is 0 Å². The Kier molecular flexibility index (Phi) is 9.60. The molecule has 0 aliphatic rings. The number of aromatic amines is 1. The van der Waals surface area contributed by atoms with E-state index >= 15 is 0 Å². The second kappa shape index (κ2) is 10.4. The molecule has 1 heterocycles. The van der Waals surface area contributed by atoms with Gasteiger partial charge in [-0.3, -0.25) is 14.7 Å². The van der Waals surface area contributed by atoms with E-state index in [0.717, 1.165) is 6.92 Å². The highest BCUT2D eigenvalue weighted by molar-refractivity contribution is 7.72. The average molecular weight is 622 g/mol. The third kappa shape index (κ3) is 11.4. The van der Waals surface area contributed by atoms with Crippen molar-refractivity contribution in [2.45, 2.75) is 6.92 Å². The molecule has 0 spiro atoms. The number of phosphoric acid groups is 6. The van der Waals surface area contributed by atoms with E-state index in [1.54, 1.807) is 4.98 Å². The molecule has 0 saturated carbocycles. The first kappa shape index (κ1) is 31.4. The minimum Gasteiger partial charge on any atom is -0.307 e. The summed E-state index contributed by atoms with van der Waals surface area (Å²) >= 11 is 0. The molecule has 198 valence electrons. The summed E-state index contributed by atoms with van der Waals surface area (Å²) in [5.41, 5.74) is -2.73. The molecule has 0 aliphatic heterocycles. The maximum absolute atomic E-state index is 11.8. The molecule has 0 saturated heterocycles. The zero-order valence-corrected chi connectivity index (χ0v) is 20.9. The minimum absolute atomic E-state index is 0.165. The molecule has 1 rings (SSSR count). The molecule has 34 heavy (non-hydrogen) atoms. The molecule has 0 aliphatic carbocycles. The molecule has 0 amide bonds. The van der Waals surface area contributed by atoms with Crippen LogP contribution in [0.3, 0.4) is 0 Å². The Morgan fingerprint density at radius 1 is 0.676 bits per heavy atom. The van der Waals surface area contributed by atoms with E-state index < -0.39 is 58.2 Å². The van der Waals surface area contributed by atoms with Crippen LogP contribution in [0.25, 0.3) is 0 Å². The van der Waals surface area contributed by atoms with Crippen molar-refractivity contribution < 1.29 is 87.8 Å². The van der Waals surface area contributed by atoms with Gasteiger partial charge in [-0.05, 0) is 6.92 Å². The average Bonchev–Trinajstić information content (AvgIpc) is 2.44. The first-order valence-electron chi connectivity index (χ1n) is 7.12. The van der Waals surface area contributed by atoms with Crippen molar-refractivity contribution in [1.82, 2.24) is 9.71 Å². The van der Waals surface area contributed by atoms with E-state index in [0.29, 0.717) is 6.20 Å². The summed E-state index contributed by atoms with van der Waals surface area (Å²) in [6.45, 7) is 1.09. The number of H-pyrrole nitrogens is 1. The van der Waals surface area contributed by atoms with Gasteiger partial charge in [0.1, 0.15) is 0 Å². The topological polar surface area (TPSA) is 354 Å². The Balaban J connectivity index is 2.98. The van der Waals surface area contributed by atoms with Crippen LogP contribution in [0, 0.1) is 6.92 Å². The van der Waals surface area contributed by atoms with Gasteiger partial charge in [0.2, 0.25) is 0 Å². The van der Waals surface area contributed by atoms with Gasteiger partial charge in [0.15, 0.2) is 0 Å². The summed E-state index contributed by atoms with van der Waals surface area (Å²) in [7, 11) is -37.1. The van der Waals surface area contributed by atoms with Crippen LogP contribution < -0.4 is 15.9 Å². The minimum atomic E-state index is -6.43. The molecule has 0 aromatic carbocycles. The summed E-state index contributed by atoms with van der Waals surface area (Å²) in [6, 6.07) is 0. The summed E-state index contributed by atoms with van der Waals surface area (Å²) < 4.78 is 88.6. The highest BCUT2D eigenvalue weighted by Gasteiger charge is 2.49. The molecule has 1 aromatic rings. The zero-order chi connectivity index (χ0) is 27.0. The Bertz CT molecular complexity index is 1330. The normalized spacial score (nSPS) is 21.3. The lowest BCUT2D eigenvalue weighted by Gasteiger charge is -2.20. The van der Waals surface area contributed by atoms with Crippen molar-refractivity contribution in [2.24, 2.45) is 0 Å². The highest BCUT2D eigenvalue weighted by atomic mass is 31.3. The Labute approximate surface area is 184 Å². The number of aromatic nitrogens is 2. The van der Waals surface area contributed by atoms with Crippen LogP contribution in [-0.4, -0.2) is 44.0 Å². The summed E-state index contributed by atoms with van der Waals surface area (Å²) in [5, 5.41) is 0. The quantitative estimate of drug-likeness (QED) is 0.129. The second-order valence-electron chi connectivity index (χ2n) is 5.22. The fourth-order valence-corrected chi connectivity index (χ4v) is 8.71. The zero-order valence-electron chi connectivity index (χ0n) is 15.6. The molecule has 29 heteroatoms. The van der Waals surface area contributed by atoms with Gasteiger partial charge in [-0.25, -0.2) is 32.2 Å². The number of hydrogen-bond donors (Lipinski definition) is 8. The van der Waals surface area contributed by atoms with Gasteiger partial charge < -0.3 is 34.0 Å². The van der Waals surface area contributed by atoms with Crippen molar-refractivity contribution in [1.29, 1.82) is 0 Å². The maximum atomic E-state index is 11.8. The van der Waals surface area contributed by atoms with E-state index in [1.807, 2.05) is 0 Å². The van der Waals surface area contributed by atoms with Gasteiger partial charge in [-0.2, -0.15) is 21.6 Å². The molecule has 1 aromatic heterocycles. The smallest absolute Gasteiger partial charge is 0.307 e. The Morgan fingerprint density at radius 3 is 1.41 bits per heavy atom. The second-order valence-corrected chi connectivity index (χ2v) is 14.3. The largest absolute Gasteiger partial charge is 0.555 e. The Morgan fingerprint density at radius 2 is 1.03 bits per heavy atom. The first-order chi connectivity index (χ1) is 14.8. The third-order valence-electron chi connectivity index (χ3n) is 2.32. The van der Waals surface area contributed by atoms with Crippen LogP contribution in [0.4, 0.5) is 0 Å². The standard InChI is InChI=1S/C5H12N2O21P6/c1-3-2-7(5(9)6-4(3)8)23-30(13,14)25-32(17,18)27-34(21,22)28-33(19,20)26-31(15,16)24-29(10,11)12/h2H,1H3,(H,13,14)(H,15,16)(H,17,18)(H,19,20)(H,21,22)(H,6,8,9)(H2,10,11,12). The number of rotatable bonds is 12. The Hall–Kier alpha value is -0.620. The summed E-state index contributed by atoms with van der Waals surface area (Å²) in [4.78, 5) is 86.9. The summed E-state index contributed by atoms with van der Waals surface area (Å²) in [5.74, 6) is 0. The third-order valence-corrected chi connectivity index (χ3v) is 11.0. The number of nitrogens with zero attached hydrogens (tertiary/aromatic N) is 1. The fourth-order valence-electron chi connectivity index (χ4n) is 1.45. The molecular weight excluding hydrogens is 610 g/mol. The monoisotopic (exact) mass is 622 g/mol. The van der Waals surface area contributed by atoms with E-state index in [9.17, 15) is 51.7 Å². The molecular formula is C5H12N2O21P6. The molecule has 8 N–H and O–H groups in total. The van der Waals surface area contributed by atoms with Crippen molar-refractivity contribution in [3.63, 3.8) is 0 Å². The van der Waals surface area contributed by atoms with Crippen LogP contribution in [0.15, 0.2) is 15.8 Å². The van der Waals surface area contributed by atoms with Gasteiger partial charge in [0.25, 0.3) is 5.56 Å².